The summed E-state index contributed by atoms with van der Waals surface area (Å²) in [6.45, 7) is 3.61. The molecule has 5 unspecified atom stereocenters. The number of nitrogens with one attached hydrogen (secondary N) is 4. The molecule has 2 heterocycles. The fraction of sp³-hybridized carbons (Fsp3) is 0.800. The molecule has 2 saturated heterocycles. The Hall–Kier alpha value is -2.78. The van der Waals surface area contributed by atoms with E-state index in [9.17, 15) is 49.8 Å². The van der Waals surface area contributed by atoms with Gasteiger partial charge in [-0.2, -0.15) is 0 Å². The Kier molecular flexibility index (Phi) is 18.4. The van der Waals surface area contributed by atoms with Crippen molar-refractivity contribution in [1.29, 1.82) is 0 Å². The maximum absolute atomic E-state index is 12.2. The average Bonchev–Trinajstić information content (AvgIpc) is 3.04. The van der Waals surface area contributed by atoms with Crippen molar-refractivity contribution in [3.05, 3.63) is 11.8 Å². The third kappa shape index (κ3) is 13.6. The van der Waals surface area contributed by atoms with Crippen LogP contribution in [-0.2, 0) is 38.1 Å². The number of amides is 4. The van der Waals surface area contributed by atoms with Crippen LogP contribution < -0.4 is 21.3 Å². The fourth-order valence-electron chi connectivity index (χ4n) is 5.05. The maximum atomic E-state index is 12.2. The highest BCUT2D eigenvalue weighted by molar-refractivity contribution is 5.77. The highest BCUT2D eigenvalue weighted by Crippen LogP contribution is 2.24. The SMILES string of the molecule is CC(=O)NC1C(O)[C@@H](O)C(CO)O[C@H]1OCCCCC(=O)NC=C(C)CNC(=O)CCCCO[C@@H]1OC(CO)[C@H](O)C(O)[C@@H]1NC(C)=O. The molecule has 10 atom stereocenters. The summed E-state index contributed by atoms with van der Waals surface area (Å²) < 4.78 is 22.2. The number of carbonyl (C=O) groups is 4. The molecule has 0 aliphatic carbocycles. The van der Waals surface area contributed by atoms with E-state index >= 15 is 0 Å². The van der Waals surface area contributed by atoms with Crippen LogP contribution in [0.2, 0.25) is 0 Å². The maximum Gasteiger partial charge on any atom is 0.223 e. The number of hydrogen-bond donors (Lipinski definition) is 10. The van der Waals surface area contributed by atoms with E-state index in [4.69, 9.17) is 18.9 Å². The third-order valence-corrected chi connectivity index (χ3v) is 7.71. The molecule has 10 N–H and O–H groups in total. The van der Waals surface area contributed by atoms with Crippen molar-refractivity contribution in [1.82, 2.24) is 21.3 Å². The second-order valence-electron chi connectivity index (χ2n) is 11.9. The van der Waals surface area contributed by atoms with Crippen LogP contribution in [0.1, 0.15) is 59.3 Å². The molecule has 2 aliphatic heterocycles. The van der Waals surface area contributed by atoms with Crippen molar-refractivity contribution >= 4 is 23.6 Å². The van der Waals surface area contributed by atoms with Crippen LogP contribution in [0.3, 0.4) is 0 Å². The summed E-state index contributed by atoms with van der Waals surface area (Å²) in [6.07, 6.45) is -6.26. The first-order valence-corrected chi connectivity index (χ1v) is 16.0. The highest BCUT2D eigenvalue weighted by atomic mass is 16.7. The second-order valence-corrected chi connectivity index (χ2v) is 11.9. The van der Waals surface area contributed by atoms with Gasteiger partial charge in [-0.1, -0.05) is 0 Å². The molecule has 18 nitrogen and oxygen atoms in total. The number of hydrogen-bond acceptors (Lipinski definition) is 14. The summed E-state index contributed by atoms with van der Waals surface area (Å²) >= 11 is 0. The predicted octanol–water partition coefficient (Wildman–Crippen LogP) is -3.62. The molecule has 276 valence electrons. The van der Waals surface area contributed by atoms with Gasteiger partial charge in [-0.3, -0.25) is 19.2 Å². The van der Waals surface area contributed by atoms with Crippen LogP contribution in [0, 0.1) is 0 Å². The monoisotopic (exact) mass is 692 g/mol. The molecular formula is C30H52N4O14. The van der Waals surface area contributed by atoms with Crippen LogP contribution >= 0.6 is 0 Å². The lowest BCUT2D eigenvalue weighted by atomic mass is 9.97. The van der Waals surface area contributed by atoms with Crippen LogP contribution in [0.15, 0.2) is 11.8 Å². The molecular weight excluding hydrogens is 640 g/mol. The minimum atomic E-state index is -1.41. The first-order chi connectivity index (χ1) is 22.8. The van der Waals surface area contributed by atoms with Crippen molar-refractivity contribution in [3.8, 4) is 0 Å². The quantitative estimate of drug-likeness (QED) is 0.0586. The number of aliphatic hydroxyl groups is 6. The largest absolute Gasteiger partial charge is 0.394 e. The predicted molar refractivity (Wildman–Crippen MR) is 165 cm³/mol. The molecule has 0 saturated carbocycles. The average molecular weight is 693 g/mol. The Bertz CT molecular complexity index is 1060. The highest BCUT2D eigenvalue weighted by Gasteiger charge is 2.46. The van der Waals surface area contributed by atoms with E-state index in [0.29, 0.717) is 31.3 Å². The van der Waals surface area contributed by atoms with Crippen LogP contribution in [0.25, 0.3) is 0 Å². The molecule has 18 heteroatoms. The Morgan fingerprint density at radius 3 is 1.52 bits per heavy atom. The van der Waals surface area contributed by atoms with Gasteiger partial charge in [0.15, 0.2) is 12.6 Å². The van der Waals surface area contributed by atoms with E-state index in [1.165, 1.54) is 20.0 Å². The number of aliphatic hydroxyl groups excluding tert-OH is 6. The summed E-state index contributed by atoms with van der Waals surface area (Å²) in [7, 11) is 0. The second kappa shape index (κ2) is 21.3. The van der Waals surface area contributed by atoms with Gasteiger partial charge in [0.05, 0.1) is 13.2 Å². The molecule has 0 aromatic heterocycles. The zero-order valence-corrected chi connectivity index (χ0v) is 27.6. The third-order valence-electron chi connectivity index (χ3n) is 7.71. The van der Waals surface area contributed by atoms with E-state index in [-0.39, 0.29) is 44.4 Å². The van der Waals surface area contributed by atoms with Crippen molar-refractivity contribution in [3.63, 3.8) is 0 Å². The van der Waals surface area contributed by atoms with Gasteiger partial charge in [0.1, 0.15) is 48.7 Å². The molecule has 2 rings (SSSR count). The first kappa shape index (κ1) is 41.4. The minimum absolute atomic E-state index is 0.130. The molecule has 0 aromatic rings. The molecule has 0 spiro atoms. The molecule has 2 fully saturated rings. The normalized spacial score (nSPS) is 30.7. The van der Waals surface area contributed by atoms with Crippen molar-refractivity contribution < 1.29 is 68.8 Å². The van der Waals surface area contributed by atoms with E-state index in [0.717, 1.165) is 0 Å². The number of rotatable bonds is 19. The summed E-state index contributed by atoms with van der Waals surface area (Å²) in [4.78, 5) is 47.5. The Labute approximate surface area is 279 Å². The van der Waals surface area contributed by atoms with E-state index in [2.05, 4.69) is 21.3 Å². The lowest BCUT2D eigenvalue weighted by Crippen LogP contribution is -2.64. The number of ether oxygens (including phenoxy) is 4. The van der Waals surface area contributed by atoms with Gasteiger partial charge in [-0.15, -0.1) is 0 Å². The smallest absolute Gasteiger partial charge is 0.223 e. The van der Waals surface area contributed by atoms with E-state index in [1.807, 2.05) is 0 Å². The van der Waals surface area contributed by atoms with Gasteiger partial charge < -0.3 is 70.9 Å². The van der Waals surface area contributed by atoms with Gasteiger partial charge in [0, 0.05) is 52.6 Å². The minimum Gasteiger partial charge on any atom is -0.394 e. The Morgan fingerprint density at radius 2 is 1.10 bits per heavy atom. The number of unbranched alkanes of at least 4 members (excludes halogenated alkanes) is 2. The zero-order valence-electron chi connectivity index (χ0n) is 27.6. The van der Waals surface area contributed by atoms with Gasteiger partial charge in [0.25, 0.3) is 0 Å². The molecule has 2 aliphatic rings. The van der Waals surface area contributed by atoms with E-state index < -0.39 is 86.3 Å². The van der Waals surface area contributed by atoms with Gasteiger partial charge >= 0.3 is 0 Å². The van der Waals surface area contributed by atoms with Crippen LogP contribution in [-0.4, -0.2) is 149 Å². The first-order valence-electron chi connectivity index (χ1n) is 16.0. The molecule has 0 aromatic carbocycles. The zero-order chi connectivity index (χ0) is 35.8. The molecule has 48 heavy (non-hydrogen) atoms. The van der Waals surface area contributed by atoms with Gasteiger partial charge in [-0.25, -0.2) is 0 Å². The molecule has 0 bridgehead atoms. The van der Waals surface area contributed by atoms with Crippen molar-refractivity contribution in [2.75, 3.05) is 33.0 Å². The summed E-state index contributed by atoms with van der Waals surface area (Å²) in [5.41, 5.74) is 0.707. The topological polar surface area (TPSA) is 275 Å². The van der Waals surface area contributed by atoms with Crippen LogP contribution in [0.4, 0.5) is 0 Å². The van der Waals surface area contributed by atoms with E-state index in [1.54, 1.807) is 6.92 Å². The lowest BCUT2D eigenvalue weighted by molar-refractivity contribution is -0.270. The number of carbonyl (C=O) groups excluding carboxylic acids is 4. The van der Waals surface area contributed by atoms with Crippen molar-refractivity contribution in [2.45, 2.75) is 121 Å². The standard InChI is InChI=1S/C30H52N4O14/c1-16(12-31-21(39)8-4-6-10-45-29-23(33-17(2)37)27(43)25(41)19(14-35)47-29)13-32-22(40)9-5-7-11-46-30-24(34-18(3)38)28(44)26(42)20(15-36)48-30/h12,19-20,23-30,35-36,41-44H,4-11,13-15H2,1-3H3,(H,31,39)(H,32,40)(H,33,37)(H,34,38)/t19?,20?,23?,24-,25-,26-,27?,28?,29+,30+/m0/s1. The Morgan fingerprint density at radius 1 is 0.667 bits per heavy atom. The van der Waals surface area contributed by atoms with Crippen LogP contribution in [0.5, 0.6) is 0 Å². The summed E-state index contributed by atoms with van der Waals surface area (Å²) in [6, 6.07) is -2.07. The summed E-state index contributed by atoms with van der Waals surface area (Å²) in [5, 5.41) is 69.9. The molecule has 4 amide bonds. The van der Waals surface area contributed by atoms with Gasteiger partial charge in [0.2, 0.25) is 23.6 Å². The fourth-order valence-corrected chi connectivity index (χ4v) is 5.05. The van der Waals surface area contributed by atoms with Gasteiger partial charge in [-0.05, 0) is 38.2 Å². The Balaban J connectivity index is 1.61. The molecule has 0 radical (unpaired) electrons. The summed E-state index contributed by atoms with van der Waals surface area (Å²) in [5.74, 6) is -1.38. The lowest BCUT2D eigenvalue weighted by Gasteiger charge is -2.42. The van der Waals surface area contributed by atoms with Crippen molar-refractivity contribution in [2.24, 2.45) is 0 Å².